The van der Waals surface area contributed by atoms with Gasteiger partial charge in [0.2, 0.25) is 11.8 Å². The van der Waals surface area contributed by atoms with Crippen LogP contribution in [0.25, 0.3) is 20.7 Å². The Hall–Kier alpha value is -4.36. The van der Waals surface area contributed by atoms with E-state index in [1.165, 1.54) is 33.6 Å². The number of hydrogen-bond acceptors (Lipinski definition) is 11. The van der Waals surface area contributed by atoms with E-state index in [1.54, 1.807) is 12.3 Å². The molecule has 0 bridgehead atoms. The number of benzene rings is 1. The molecule has 6 rings (SSSR count). The normalized spacial score (nSPS) is 14.5. The summed E-state index contributed by atoms with van der Waals surface area (Å²) in [7, 11) is 0. The van der Waals surface area contributed by atoms with Crippen LogP contribution >= 0.6 is 22.7 Å². The van der Waals surface area contributed by atoms with Crippen LogP contribution in [0.5, 0.6) is 5.88 Å². The molecule has 0 saturated carbocycles. The zero-order valence-corrected chi connectivity index (χ0v) is 21.8. The molecule has 0 radical (unpaired) electrons. The number of rotatable bonds is 6. The van der Waals surface area contributed by atoms with Crippen molar-refractivity contribution >= 4 is 50.2 Å². The molecule has 0 unspecified atom stereocenters. The zero-order chi connectivity index (χ0) is 26.2. The molecule has 0 saturated heterocycles. The monoisotopic (exact) mass is 546 g/mol. The molecule has 0 aliphatic carbocycles. The maximum Gasteiger partial charge on any atom is 0.281 e. The number of hydrogen-bond donors (Lipinski definition) is 3. The standard InChI is InChI=1S/C25H22N8O3S2/c1-13-31-32-24(37-13)15-4-2-14(3-5-15)18-11-36-23-22(30-18)25(35)33(12-29-23)10-21(34)28-9-17-6-16-8-27-20(26)7-19(16)38-17/h2-8,12,18,30H,9-11H2,1H3,(H2,26,27)(H,28,34)/t18-/m0/s1. The molecule has 13 heteroatoms. The van der Waals surface area contributed by atoms with Crippen molar-refractivity contribution in [1.82, 2.24) is 30.0 Å². The van der Waals surface area contributed by atoms with E-state index in [2.05, 4.69) is 30.8 Å². The van der Waals surface area contributed by atoms with Crippen molar-refractivity contribution in [3.8, 4) is 16.5 Å². The quantitative estimate of drug-likeness (QED) is 0.292. The molecular formula is C25H22N8O3S2. The van der Waals surface area contributed by atoms with Crippen molar-refractivity contribution < 1.29 is 9.53 Å². The summed E-state index contributed by atoms with van der Waals surface area (Å²) in [6, 6.07) is 11.4. The number of carbonyl (C=O) groups is 1. The Balaban J connectivity index is 1.13. The van der Waals surface area contributed by atoms with Crippen molar-refractivity contribution in [3.63, 3.8) is 0 Å². The van der Waals surface area contributed by atoms with Crippen molar-refractivity contribution in [2.45, 2.75) is 26.1 Å². The number of aryl methyl sites for hydroxylation is 1. The average molecular weight is 547 g/mol. The van der Waals surface area contributed by atoms with Crippen LogP contribution in [0.3, 0.4) is 0 Å². The highest BCUT2D eigenvalue weighted by Gasteiger charge is 2.25. The number of aromatic nitrogens is 5. The summed E-state index contributed by atoms with van der Waals surface area (Å²) in [5.41, 5.74) is 7.53. The first-order chi connectivity index (χ1) is 18.4. The van der Waals surface area contributed by atoms with Crippen molar-refractivity contribution in [3.05, 3.63) is 74.7 Å². The lowest BCUT2D eigenvalue weighted by Crippen LogP contribution is -2.36. The Bertz CT molecular complexity index is 1710. The fraction of sp³-hybridized carbons (Fsp3) is 0.200. The van der Waals surface area contributed by atoms with Crippen LogP contribution in [-0.4, -0.2) is 37.2 Å². The van der Waals surface area contributed by atoms with Crippen LogP contribution in [0.1, 0.15) is 21.5 Å². The van der Waals surface area contributed by atoms with Gasteiger partial charge in [0.15, 0.2) is 5.69 Å². The fourth-order valence-electron chi connectivity index (χ4n) is 4.14. The molecule has 1 aliphatic heterocycles. The number of amides is 1. The van der Waals surface area contributed by atoms with E-state index in [1.807, 2.05) is 37.3 Å². The number of carbonyl (C=O) groups excluding carboxylic acids is 1. The minimum Gasteiger partial charge on any atom is -0.473 e. The summed E-state index contributed by atoms with van der Waals surface area (Å²) >= 11 is 3.06. The van der Waals surface area contributed by atoms with E-state index < -0.39 is 0 Å². The van der Waals surface area contributed by atoms with Gasteiger partial charge in [0.25, 0.3) is 5.56 Å². The molecule has 0 fully saturated rings. The third-order valence-corrected chi connectivity index (χ3v) is 8.03. The molecule has 38 heavy (non-hydrogen) atoms. The van der Waals surface area contributed by atoms with E-state index >= 15 is 0 Å². The van der Waals surface area contributed by atoms with Crippen LogP contribution in [0, 0.1) is 6.92 Å². The van der Waals surface area contributed by atoms with E-state index in [0.29, 0.717) is 19.0 Å². The fourth-order valence-corrected chi connectivity index (χ4v) is 5.85. The molecule has 0 spiro atoms. The highest BCUT2D eigenvalue weighted by atomic mass is 32.1. The predicted molar refractivity (Wildman–Crippen MR) is 146 cm³/mol. The highest BCUT2D eigenvalue weighted by molar-refractivity contribution is 7.19. The molecule has 5 aromatic rings. The number of nitrogens with one attached hydrogen (secondary N) is 2. The van der Waals surface area contributed by atoms with Gasteiger partial charge >= 0.3 is 0 Å². The molecule has 1 aliphatic rings. The number of anilines is 2. The summed E-state index contributed by atoms with van der Waals surface area (Å²) in [6.07, 6.45) is 3.04. The van der Waals surface area contributed by atoms with Crippen LogP contribution in [0.2, 0.25) is 0 Å². The zero-order valence-electron chi connectivity index (χ0n) is 20.2. The molecule has 4 N–H and O–H groups in total. The Morgan fingerprint density at radius 3 is 2.84 bits per heavy atom. The molecule has 1 aromatic carbocycles. The average Bonchev–Trinajstić information content (AvgIpc) is 3.54. The van der Waals surface area contributed by atoms with Crippen molar-refractivity contribution in [2.24, 2.45) is 0 Å². The van der Waals surface area contributed by atoms with Gasteiger partial charge in [0.1, 0.15) is 35.3 Å². The van der Waals surface area contributed by atoms with Gasteiger partial charge in [-0.05, 0) is 24.6 Å². The smallest absolute Gasteiger partial charge is 0.281 e. The molecule has 4 aromatic heterocycles. The lowest BCUT2D eigenvalue weighted by Gasteiger charge is -2.26. The Morgan fingerprint density at radius 1 is 1.21 bits per heavy atom. The second-order valence-corrected chi connectivity index (χ2v) is 11.1. The van der Waals surface area contributed by atoms with E-state index in [4.69, 9.17) is 10.5 Å². The molecular weight excluding hydrogens is 524 g/mol. The van der Waals surface area contributed by atoms with Gasteiger partial charge < -0.3 is 21.1 Å². The third kappa shape index (κ3) is 4.80. The molecule has 5 heterocycles. The Kier molecular flexibility index (Phi) is 6.21. The second-order valence-electron chi connectivity index (χ2n) is 8.75. The second kappa shape index (κ2) is 9.84. The Morgan fingerprint density at radius 2 is 2.05 bits per heavy atom. The Labute approximate surface area is 224 Å². The molecule has 11 nitrogen and oxygen atoms in total. The van der Waals surface area contributed by atoms with Gasteiger partial charge in [-0.25, -0.2) is 9.97 Å². The van der Waals surface area contributed by atoms with Crippen LogP contribution in [0.4, 0.5) is 11.5 Å². The number of pyridine rings is 1. The van der Waals surface area contributed by atoms with Gasteiger partial charge in [-0.2, -0.15) is 0 Å². The number of fused-ring (bicyclic) bond motifs is 2. The summed E-state index contributed by atoms with van der Waals surface area (Å²) in [4.78, 5) is 35.1. The number of ether oxygens (including phenoxy) is 1. The number of nitrogens with zero attached hydrogens (tertiary/aromatic N) is 5. The maximum atomic E-state index is 13.2. The number of nitrogen functional groups attached to an aromatic ring is 1. The number of nitrogens with two attached hydrogens (primary N) is 1. The number of thiophene rings is 1. The van der Waals surface area contributed by atoms with Crippen LogP contribution < -0.4 is 26.7 Å². The van der Waals surface area contributed by atoms with Gasteiger partial charge in [0, 0.05) is 26.7 Å². The maximum absolute atomic E-state index is 13.2. The van der Waals surface area contributed by atoms with Gasteiger partial charge in [-0.3, -0.25) is 14.2 Å². The van der Waals surface area contributed by atoms with Crippen molar-refractivity contribution in [2.75, 3.05) is 17.7 Å². The third-order valence-electron chi connectivity index (χ3n) is 6.04. The predicted octanol–water partition coefficient (Wildman–Crippen LogP) is 3.12. The minimum absolute atomic E-state index is 0.166. The van der Waals surface area contributed by atoms with Crippen LogP contribution in [0.15, 0.2) is 53.7 Å². The largest absolute Gasteiger partial charge is 0.473 e. The first-order valence-corrected chi connectivity index (χ1v) is 13.4. The summed E-state index contributed by atoms with van der Waals surface area (Å²) < 4.78 is 8.04. The van der Waals surface area contributed by atoms with E-state index in [0.717, 1.165) is 36.1 Å². The minimum atomic E-state index is -0.376. The first-order valence-electron chi connectivity index (χ1n) is 11.7. The topological polar surface area (TPSA) is 150 Å². The highest BCUT2D eigenvalue weighted by Crippen LogP contribution is 2.31. The molecule has 1 amide bonds. The van der Waals surface area contributed by atoms with Gasteiger partial charge in [0.05, 0.1) is 12.6 Å². The summed E-state index contributed by atoms with van der Waals surface area (Å²) in [5, 5.41) is 17.1. The summed E-state index contributed by atoms with van der Waals surface area (Å²) in [6.45, 7) is 2.40. The lowest BCUT2D eigenvalue weighted by molar-refractivity contribution is -0.121. The van der Waals surface area contributed by atoms with E-state index in [-0.39, 0.29) is 35.6 Å². The van der Waals surface area contributed by atoms with Crippen molar-refractivity contribution in [1.29, 1.82) is 0 Å². The van der Waals surface area contributed by atoms with E-state index in [9.17, 15) is 9.59 Å². The van der Waals surface area contributed by atoms with Crippen LogP contribution in [-0.2, 0) is 17.9 Å². The van der Waals surface area contributed by atoms with Gasteiger partial charge in [-0.1, -0.05) is 35.6 Å². The first kappa shape index (κ1) is 24.0. The summed E-state index contributed by atoms with van der Waals surface area (Å²) in [5.74, 6) is 0.371. The molecule has 1 atom stereocenters. The van der Waals surface area contributed by atoms with Gasteiger partial charge in [-0.15, -0.1) is 21.5 Å². The molecule has 192 valence electrons. The SMILES string of the molecule is Cc1nnc(-c2ccc([C@@H]3COc4ncn(CC(=O)NCc5cc6cnc(N)cc6s5)c(=O)c4N3)cc2)s1. The lowest BCUT2D eigenvalue weighted by atomic mass is 10.0.